The van der Waals surface area contributed by atoms with Crippen LogP contribution in [-0.4, -0.2) is 26.3 Å². The molecule has 37 heavy (non-hydrogen) atoms. The topological polar surface area (TPSA) is 80.9 Å². The monoisotopic (exact) mass is 553 g/mol. The Morgan fingerprint density at radius 2 is 1.76 bits per heavy atom. The van der Waals surface area contributed by atoms with E-state index >= 15 is 0 Å². The van der Waals surface area contributed by atoms with Gasteiger partial charge < -0.3 is 24.2 Å². The molecule has 1 saturated carbocycles. The number of alkyl halides is 2. The molecule has 7 nitrogen and oxygen atoms in total. The summed E-state index contributed by atoms with van der Waals surface area (Å²) >= 11 is 12.5. The van der Waals surface area contributed by atoms with Crippen LogP contribution in [0.1, 0.15) is 40.4 Å². The van der Waals surface area contributed by atoms with Gasteiger partial charge in [-0.1, -0.05) is 29.3 Å². The van der Waals surface area contributed by atoms with Gasteiger partial charge in [-0.3, -0.25) is 0 Å². The molecule has 0 amide bonds. The van der Waals surface area contributed by atoms with Gasteiger partial charge in [0.1, 0.15) is 21.9 Å². The van der Waals surface area contributed by atoms with Crippen molar-refractivity contribution in [3.63, 3.8) is 0 Å². The Balaban J connectivity index is 1.68. The summed E-state index contributed by atoms with van der Waals surface area (Å²) in [5, 5.41) is 11.9. The fourth-order valence-corrected chi connectivity index (χ4v) is 4.18. The zero-order valence-corrected chi connectivity index (χ0v) is 21.2. The number of esters is 1. The van der Waals surface area contributed by atoms with Crippen molar-refractivity contribution in [1.29, 1.82) is 0 Å². The Morgan fingerprint density at radius 1 is 1.08 bits per heavy atom. The molecule has 0 aliphatic heterocycles. The highest BCUT2D eigenvalue weighted by Gasteiger charge is 2.26. The summed E-state index contributed by atoms with van der Waals surface area (Å²) in [6.07, 6.45) is 3.30. The van der Waals surface area contributed by atoms with Crippen molar-refractivity contribution in [3.8, 4) is 17.2 Å². The van der Waals surface area contributed by atoms with Gasteiger partial charge in [-0.2, -0.15) is 13.5 Å². The molecule has 0 radical (unpaired) electrons. The SMILES string of the molecule is COc1ccc(C(=O)O[C@@H](Cc2c(Cl)c[n+]([O-])cc2Cl)c2ccc(OC(F)F)c(OCC3CC3)c2)cc1. The van der Waals surface area contributed by atoms with Crippen LogP contribution in [0, 0.1) is 11.1 Å². The number of hydrogen-bond donors (Lipinski definition) is 0. The maximum atomic E-state index is 13.0. The molecule has 0 saturated heterocycles. The smallest absolute Gasteiger partial charge is 0.387 e. The van der Waals surface area contributed by atoms with Crippen molar-refractivity contribution < 1.29 is 37.3 Å². The van der Waals surface area contributed by atoms with Gasteiger partial charge in [-0.05, 0) is 60.7 Å². The molecule has 0 unspecified atom stereocenters. The molecule has 3 aromatic rings. The first-order valence-electron chi connectivity index (χ1n) is 11.4. The molecule has 4 rings (SSSR count). The summed E-state index contributed by atoms with van der Waals surface area (Å²) in [4.78, 5) is 13.0. The number of nitrogens with zero attached hydrogens (tertiary/aromatic N) is 1. The third kappa shape index (κ3) is 7.14. The van der Waals surface area contributed by atoms with Crippen LogP contribution in [0.15, 0.2) is 54.9 Å². The largest absolute Gasteiger partial charge is 0.619 e. The van der Waals surface area contributed by atoms with Crippen molar-refractivity contribution in [1.82, 2.24) is 0 Å². The minimum atomic E-state index is -3.04. The summed E-state index contributed by atoms with van der Waals surface area (Å²) in [7, 11) is 1.51. The Bertz CT molecular complexity index is 1230. The Morgan fingerprint density at radius 3 is 2.35 bits per heavy atom. The van der Waals surface area contributed by atoms with E-state index in [1.807, 2.05) is 0 Å². The number of pyridine rings is 1. The normalized spacial score (nSPS) is 13.8. The average molecular weight is 554 g/mol. The van der Waals surface area contributed by atoms with Crippen molar-refractivity contribution >= 4 is 29.2 Å². The van der Waals surface area contributed by atoms with E-state index in [0.717, 1.165) is 25.2 Å². The molecule has 0 bridgehead atoms. The summed E-state index contributed by atoms with van der Waals surface area (Å²) in [5.41, 5.74) is 1.06. The van der Waals surface area contributed by atoms with Crippen LogP contribution >= 0.6 is 23.2 Å². The van der Waals surface area contributed by atoms with E-state index in [1.54, 1.807) is 24.3 Å². The molecule has 196 valence electrons. The number of carbonyl (C=O) groups is 1. The summed E-state index contributed by atoms with van der Waals surface area (Å²) in [6, 6.07) is 10.6. The molecular formula is C26H23Cl2F2NO6. The van der Waals surface area contributed by atoms with Gasteiger partial charge in [0.15, 0.2) is 23.9 Å². The van der Waals surface area contributed by atoms with Crippen LogP contribution in [0.4, 0.5) is 8.78 Å². The summed E-state index contributed by atoms with van der Waals surface area (Å²) in [6.45, 7) is -2.70. The van der Waals surface area contributed by atoms with Crippen molar-refractivity contribution in [2.45, 2.75) is 32.0 Å². The first kappa shape index (κ1) is 26.8. The van der Waals surface area contributed by atoms with Gasteiger partial charge in [-0.15, -0.1) is 0 Å². The predicted octanol–water partition coefficient (Wildman–Crippen LogP) is 6.17. The van der Waals surface area contributed by atoms with Gasteiger partial charge in [0, 0.05) is 12.0 Å². The first-order valence-corrected chi connectivity index (χ1v) is 12.1. The molecule has 1 aliphatic rings. The molecule has 1 aromatic heterocycles. The Labute approximate surface area is 222 Å². The Kier molecular flexibility index (Phi) is 8.56. The second-order valence-electron chi connectivity index (χ2n) is 8.46. The van der Waals surface area contributed by atoms with Gasteiger partial charge >= 0.3 is 12.6 Å². The molecular weight excluding hydrogens is 531 g/mol. The lowest BCUT2D eigenvalue weighted by Gasteiger charge is -2.21. The number of methoxy groups -OCH3 is 1. The fraction of sp³-hybridized carbons (Fsp3) is 0.308. The van der Waals surface area contributed by atoms with Gasteiger partial charge in [0.05, 0.1) is 19.3 Å². The zero-order chi connectivity index (χ0) is 26.5. The van der Waals surface area contributed by atoms with E-state index in [0.29, 0.717) is 34.1 Å². The molecule has 1 heterocycles. The number of halogens is 4. The molecule has 1 aliphatic carbocycles. The van der Waals surface area contributed by atoms with Crippen LogP contribution in [0.3, 0.4) is 0 Å². The number of carbonyl (C=O) groups excluding carboxylic acids is 1. The minimum Gasteiger partial charge on any atom is -0.619 e. The Hall–Kier alpha value is -3.30. The quantitative estimate of drug-likeness (QED) is 0.160. The number of rotatable bonds is 11. The molecule has 1 atom stereocenters. The maximum absolute atomic E-state index is 13.0. The molecule has 2 aromatic carbocycles. The van der Waals surface area contributed by atoms with Crippen LogP contribution < -0.4 is 18.9 Å². The lowest BCUT2D eigenvalue weighted by molar-refractivity contribution is -0.605. The van der Waals surface area contributed by atoms with Gasteiger partial charge in [0.25, 0.3) is 0 Å². The van der Waals surface area contributed by atoms with E-state index in [9.17, 15) is 18.8 Å². The molecule has 0 N–H and O–H groups in total. The lowest BCUT2D eigenvalue weighted by atomic mass is 10.0. The zero-order valence-electron chi connectivity index (χ0n) is 19.7. The first-order chi connectivity index (χ1) is 17.7. The van der Waals surface area contributed by atoms with Crippen molar-refractivity contribution in [2.24, 2.45) is 5.92 Å². The van der Waals surface area contributed by atoms with E-state index in [-0.39, 0.29) is 33.5 Å². The van der Waals surface area contributed by atoms with E-state index in [2.05, 4.69) is 4.74 Å². The van der Waals surface area contributed by atoms with E-state index in [1.165, 1.54) is 25.3 Å². The van der Waals surface area contributed by atoms with Crippen LogP contribution in [-0.2, 0) is 11.2 Å². The van der Waals surface area contributed by atoms with Crippen LogP contribution in [0.2, 0.25) is 10.0 Å². The van der Waals surface area contributed by atoms with Crippen LogP contribution in [0.5, 0.6) is 17.2 Å². The fourth-order valence-electron chi connectivity index (χ4n) is 3.59. The molecule has 0 spiro atoms. The van der Waals surface area contributed by atoms with Crippen LogP contribution in [0.25, 0.3) is 0 Å². The van der Waals surface area contributed by atoms with E-state index in [4.69, 9.17) is 37.4 Å². The molecule has 1 fully saturated rings. The number of ether oxygens (including phenoxy) is 4. The number of benzene rings is 2. The number of hydrogen-bond acceptors (Lipinski definition) is 6. The van der Waals surface area contributed by atoms with Gasteiger partial charge in [0.2, 0.25) is 0 Å². The highest BCUT2D eigenvalue weighted by molar-refractivity contribution is 6.35. The highest BCUT2D eigenvalue weighted by atomic mass is 35.5. The standard InChI is InChI=1S/C26H23Cl2F2NO6/c1-34-18-7-4-16(5-8-18)25(32)36-23(11-19-20(27)12-31(33)13-21(19)28)17-6-9-22(37-26(29)30)24(10-17)35-14-15-2-3-15/h4-10,12-13,15,23,26H,2-3,11,14H2,1H3/t23-/m0/s1. The minimum absolute atomic E-state index is 0.00246. The summed E-state index contributed by atoms with van der Waals surface area (Å²) < 4.78 is 47.8. The van der Waals surface area contributed by atoms with E-state index < -0.39 is 18.7 Å². The third-order valence-electron chi connectivity index (χ3n) is 5.75. The second kappa shape index (κ2) is 11.8. The maximum Gasteiger partial charge on any atom is 0.387 e. The highest BCUT2D eigenvalue weighted by Crippen LogP contribution is 2.38. The average Bonchev–Trinajstić information content (AvgIpc) is 3.69. The second-order valence-corrected chi connectivity index (χ2v) is 9.27. The van der Waals surface area contributed by atoms with Crippen molar-refractivity contribution in [3.05, 3.63) is 86.8 Å². The summed E-state index contributed by atoms with van der Waals surface area (Å²) in [5.74, 6) is 0.227. The van der Waals surface area contributed by atoms with Gasteiger partial charge in [-0.25, -0.2) is 4.79 Å². The number of aromatic nitrogens is 1. The lowest BCUT2D eigenvalue weighted by Crippen LogP contribution is -2.25. The van der Waals surface area contributed by atoms with Crippen molar-refractivity contribution in [2.75, 3.05) is 13.7 Å². The third-order valence-corrected chi connectivity index (χ3v) is 6.40. The molecule has 11 heteroatoms. The predicted molar refractivity (Wildman–Crippen MR) is 132 cm³/mol.